The van der Waals surface area contributed by atoms with Gasteiger partial charge >= 0.3 is 0 Å². The Balaban J connectivity index is 0.000000343. The maximum absolute atomic E-state index is 5.23. The van der Waals surface area contributed by atoms with Gasteiger partial charge in [0.15, 0.2) is 0 Å². The standard InChI is InChI=1S/C41H39P3.C12H10S.Ir/c1-41(32-42(35-20-8-2-9-21-35)36-22-10-3-11-23-36,33-43(37-24-12-4-13-25-37)38-26-14-5-15-27-38)34-44(39-28-16-6-17-29-39)40-30-18-7-19-31-40;13-12-9-5-4-8-11(12)10-6-2-1-3-7-10;/h2-31H,32-34H2,1H3;1-9,13H;/p-1. The van der Waals surface area contributed by atoms with Crippen molar-refractivity contribution in [3.63, 3.8) is 0 Å². The van der Waals surface area contributed by atoms with Crippen LogP contribution in [0.4, 0.5) is 0 Å². The Morgan fingerprint density at radius 3 is 0.810 bits per heavy atom. The average Bonchev–Trinajstić information content (AvgIpc) is 3.29. The molecule has 0 saturated heterocycles. The van der Waals surface area contributed by atoms with Gasteiger partial charge in [-0.15, -0.1) is 0 Å². The van der Waals surface area contributed by atoms with E-state index in [1.807, 2.05) is 36.4 Å². The van der Waals surface area contributed by atoms with Gasteiger partial charge in [-0.05, 0) is 90.6 Å². The molecule has 8 aromatic rings. The topological polar surface area (TPSA) is 0 Å². The second kappa shape index (κ2) is 22.3. The van der Waals surface area contributed by atoms with E-state index in [0.29, 0.717) is 0 Å². The van der Waals surface area contributed by atoms with Crippen LogP contribution < -0.4 is 31.8 Å². The second-order valence-corrected chi connectivity index (χ2v) is 21.5. The summed E-state index contributed by atoms with van der Waals surface area (Å²) in [6.45, 7) is 2.61. The van der Waals surface area contributed by atoms with E-state index in [9.17, 15) is 0 Å². The fourth-order valence-corrected chi connectivity index (χ4v) is 16.2. The first-order chi connectivity index (χ1) is 28.1. The molecule has 0 bridgehead atoms. The van der Waals surface area contributed by atoms with E-state index < -0.39 is 23.8 Å². The molecule has 0 atom stereocenters. The summed E-state index contributed by atoms with van der Waals surface area (Å²) in [5.41, 5.74) is 2.40. The zero-order valence-electron chi connectivity index (χ0n) is 32.7. The van der Waals surface area contributed by atoms with Crippen LogP contribution in [0.25, 0.3) is 11.1 Å². The summed E-state index contributed by atoms with van der Waals surface area (Å²) in [5.74, 6) is 0. The minimum Gasteiger partial charge on any atom is -0.779 e. The first kappa shape index (κ1) is 43.5. The molecular weight excluding hydrogens is 954 g/mol. The van der Waals surface area contributed by atoms with Crippen LogP contribution in [-0.4, -0.2) is 18.5 Å². The van der Waals surface area contributed by atoms with Crippen LogP contribution in [0.5, 0.6) is 0 Å². The molecule has 0 heterocycles. The Hall–Kier alpha value is -4.08. The monoisotopic (exact) mass is 1000 g/mol. The zero-order valence-corrected chi connectivity index (χ0v) is 38.6. The van der Waals surface area contributed by atoms with Crippen molar-refractivity contribution in [2.24, 2.45) is 5.41 Å². The van der Waals surface area contributed by atoms with Crippen LogP contribution >= 0.6 is 23.8 Å². The molecule has 0 aliphatic heterocycles. The van der Waals surface area contributed by atoms with Crippen molar-refractivity contribution in [2.75, 3.05) is 18.5 Å². The first-order valence-electron chi connectivity index (χ1n) is 19.5. The summed E-state index contributed by atoms with van der Waals surface area (Å²) in [4.78, 5) is 0.911. The molecule has 0 amide bonds. The zero-order chi connectivity index (χ0) is 39.1. The molecule has 5 heteroatoms. The molecule has 0 N–H and O–H groups in total. The molecule has 0 unspecified atom stereocenters. The van der Waals surface area contributed by atoms with E-state index in [0.717, 1.165) is 28.9 Å². The molecule has 58 heavy (non-hydrogen) atoms. The van der Waals surface area contributed by atoms with E-state index in [2.05, 4.69) is 207 Å². The largest absolute Gasteiger partial charge is 0.779 e. The van der Waals surface area contributed by atoms with Gasteiger partial charge in [0.1, 0.15) is 0 Å². The second-order valence-electron chi connectivity index (χ2n) is 14.4. The molecule has 0 aliphatic carbocycles. The third kappa shape index (κ3) is 12.0. The van der Waals surface area contributed by atoms with Crippen molar-refractivity contribution in [2.45, 2.75) is 11.8 Å². The summed E-state index contributed by atoms with van der Waals surface area (Å²) in [5, 5.41) is 8.79. The molecule has 1 radical (unpaired) electrons. The van der Waals surface area contributed by atoms with Gasteiger partial charge in [0.2, 0.25) is 0 Å². The minimum atomic E-state index is -0.555. The molecule has 0 fully saturated rings. The quantitative estimate of drug-likeness (QED) is 0.0819. The molecule has 8 rings (SSSR count). The Morgan fingerprint density at radius 2 is 0.552 bits per heavy atom. The third-order valence-corrected chi connectivity index (χ3v) is 19.1. The summed E-state index contributed by atoms with van der Waals surface area (Å²) in [7, 11) is -1.66. The van der Waals surface area contributed by atoms with Crippen LogP contribution in [0.1, 0.15) is 6.92 Å². The molecule has 0 spiro atoms. The SMILES string of the molecule is CC(CP(c1ccccc1)c1ccccc1)(CP(c1ccccc1)c1ccccc1)CP(c1ccccc1)c1ccccc1.[Ir].[S-]c1ccccc1-c1ccccc1. The third-order valence-electron chi connectivity index (χ3n) is 10.00. The fraction of sp³-hybridized carbons (Fsp3) is 0.0943. The summed E-state index contributed by atoms with van der Waals surface area (Å²) >= 11 is 5.23. The predicted molar refractivity (Wildman–Crippen MR) is 257 cm³/mol. The van der Waals surface area contributed by atoms with Gasteiger partial charge in [0, 0.05) is 20.1 Å². The Morgan fingerprint density at radius 1 is 0.328 bits per heavy atom. The molecule has 0 saturated carbocycles. The molecule has 8 aromatic carbocycles. The van der Waals surface area contributed by atoms with Gasteiger partial charge in [-0.2, -0.15) is 4.90 Å². The minimum absolute atomic E-state index is 0. The van der Waals surface area contributed by atoms with Gasteiger partial charge in [-0.25, -0.2) is 0 Å². The van der Waals surface area contributed by atoms with E-state index in [1.165, 1.54) is 37.4 Å². The summed E-state index contributed by atoms with van der Waals surface area (Å²) in [6.07, 6.45) is 3.44. The van der Waals surface area contributed by atoms with Crippen molar-refractivity contribution >= 4 is 68.2 Å². The van der Waals surface area contributed by atoms with Gasteiger partial charge in [-0.1, -0.05) is 244 Å². The van der Waals surface area contributed by atoms with E-state index in [1.54, 1.807) is 0 Å². The fourth-order valence-electron chi connectivity index (χ4n) is 7.26. The maximum atomic E-state index is 5.23. The van der Waals surface area contributed by atoms with Crippen molar-refractivity contribution < 1.29 is 20.1 Å². The van der Waals surface area contributed by atoms with Crippen molar-refractivity contribution in [1.29, 1.82) is 0 Å². The van der Waals surface area contributed by atoms with Crippen molar-refractivity contribution in [1.82, 2.24) is 0 Å². The van der Waals surface area contributed by atoms with Crippen LogP contribution in [0, 0.1) is 5.41 Å². The first-order valence-corrected chi connectivity index (χ1v) is 24.5. The van der Waals surface area contributed by atoms with Crippen molar-refractivity contribution in [3.05, 3.63) is 237 Å². The molecular formula is C53H48IrP3S-. The molecule has 0 aromatic heterocycles. The predicted octanol–water partition coefficient (Wildman–Crippen LogP) is 11.6. The maximum Gasteiger partial charge on any atom is 0 e. The van der Waals surface area contributed by atoms with E-state index in [-0.39, 0.29) is 25.5 Å². The molecule has 0 aliphatic rings. The Labute approximate surface area is 369 Å². The summed E-state index contributed by atoms with van der Waals surface area (Å²) in [6, 6.07) is 85.9. The normalized spacial score (nSPS) is 11.1. The van der Waals surface area contributed by atoms with Gasteiger partial charge < -0.3 is 12.6 Å². The molecule has 0 nitrogen and oxygen atoms in total. The van der Waals surface area contributed by atoms with Crippen LogP contribution in [0.2, 0.25) is 0 Å². The van der Waals surface area contributed by atoms with Gasteiger partial charge in [0.05, 0.1) is 0 Å². The molecule has 291 valence electrons. The van der Waals surface area contributed by atoms with Gasteiger partial charge in [0.25, 0.3) is 0 Å². The Kier molecular flexibility index (Phi) is 16.7. The van der Waals surface area contributed by atoms with E-state index >= 15 is 0 Å². The summed E-state index contributed by atoms with van der Waals surface area (Å²) < 4.78 is 0. The average molecular weight is 1000 g/mol. The number of hydrogen-bond acceptors (Lipinski definition) is 1. The van der Waals surface area contributed by atoms with Crippen LogP contribution in [-0.2, 0) is 32.7 Å². The number of rotatable bonds is 13. The van der Waals surface area contributed by atoms with Crippen LogP contribution in [0.3, 0.4) is 0 Å². The van der Waals surface area contributed by atoms with Crippen LogP contribution in [0.15, 0.2) is 241 Å². The Bertz CT molecular complexity index is 2030. The number of hydrogen-bond donors (Lipinski definition) is 0. The number of benzene rings is 8. The van der Waals surface area contributed by atoms with Gasteiger partial charge in [-0.3, -0.25) is 0 Å². The van der Waals surface area contributed by atoms with Crippen molar-refractivity contribution in [3.8, 4) is 11.1 Å². The van der Waals surface area contributed by atoms with E-state index in [4.69, 9.17) is 12.6 Å². The smallest absolute Gasteiger partial charge is 0 e.